The number of benzene rings is 1. The van der Waals surface area contributed by atoms with E-state index in [-0.39, 0.29) is 0 Å². The summed E-state index contributed by atoms with van der Waals surface area (Å²) < 4.78 is 1.94. The summed E-state index contributed by atoms with van der Waals surface area (Å²) >= 11 is 6.16. The predicted octanol–water partition coefficient (Wildman–Crippen LogP) is 3.38. The fourth-order valence-corrected chi connectivity index (χ4v) is 2.09. The fraction of sp³-hybridized carbons (Fsp3) is 0.286. The maximum absolute atomic E-state index is 8.80. The number of halogens is 1. The Kier molecular flexibility index (Phi) is 3.40. The van der Waals surface area contributed by atoms with Gasteiger partial charge in [0.15, 0.2) is 0 Å². The lowest BCUT2D eigenvalue weighted by molar-refractivity contribution is 0.658. The third-order valence-corrected chi connectivity index (χ3v) is 3.60. The van der Waals surface area contributed by atoms with E-state index in [1.165, 1.54) is 5.56 Å². The minimum atomic E-state index is 0.577. The maximum Gasteiger partial charge on any atom is 0.0992 e. The Labute approximate surface area is 112 Å². The number of aryl methyl sites for hydroxylation is 1. The highest BCUT2D eigenvalue weighted by atomic mass is 35.5. The summed E-state index contributed by atoms with van der Waals surface area (Å²) in [6.45, 7) is 6.74. The van der Waals surface area contributed by atoms with Gasteiger partial charge in [-0.1, -0.05) is 17.7 Å². The van der Waals surface area contributed by atoms with Crippen molar-refractivity contribution in [1.82, 2.24) is 9.78 Å². The molecule has 0 atom stereocenters. The van der Waals surface area contributed by atoms with Gasteiger partial charge in [0.05, 0.1) is 23.9 Å². The molecule has 1 aromatic carbocycles. The van der Waals surface area contributed by atoms with Crippen molar-refractivity contribution < 1.29 is 0 Å². The molecule has 0 aliphatic heterocycles. The van der Waals surface area contributed by atoms with Crippen molar-refractivity contribution in [2.75, 3.05) is 0 Å². The Balaban J connectivity index is 2.35. The molecule has 0 bridgehead atoms. The van der Waals surface area contributed by atoms with Crippen LogP contribution in [0.25, 0.3) is 0 Å². The molecule has 1 heterocycles. The monoisotopic (exact) mass is 259 g/mol. The second-order valence-corrected chi connectivity index (χ2v) is 4.78. The van der Waals surface area contributed by atoms with Crippen LogP contribution in [0, 0.1) is 32.1 Å². The normalized spacial score (nSPS) is 10.4. The summed E-state index contributed by atoms with van der Waals surface area (Å²) in [6, 6.07) is 7.43. The standard InChI is InChI=1S/C14H14ClN3/c1-9-10(2)17-18(11(9)3)8-13-5-4-12(7-16)6-14(13)15/h4-6H,8H2,1-3H3. The van der Waals surface area contributed by atoms with E-state index in [1.807, 2.05) is 24.6 Å². The Morgan fingerprint density at radius 2 is 2.06 bits per heavy atom. The van der Waals surface area contributed by atoms with Crippen molar-refractivity contribution in [2.24, 2.45) is 0 Å². The molecule has 0 spiro atoms. The molecule has 0 aliphatic rings. The summed E-state index contributed by atoms with van der Waals surface area (Å²) in [5.41, 5.74) is 4.94. The zero-order valence-corrected chi connectivity index (χ0v) is 11.4. The molecular formula is C14H14ClN3. The molecule has 4 heteroatoms. The molecule has 0 amide bonds. The fourth-order valence-electron chi connectivity index (χ4n) is 1.85. The smallest absolute Gasteiger partial charge is 0.0992 e. The molecule has 18 heavy (non-hydrogen) atoms. The quantitative estimate of drug-likeness (QED) is 0.830. The van der Waals surface area contributed by atoms with E-state index in [1.54, 1.807) is 12.1 Å². The Morgan fingerprint density at radius 1 is 1.33 bits per heavy atom. The van der Waals surface area contributed by atoms with Crippen molar-refractivity contribution in [3.63, 3.8) is 0 Å². The molecule has 0 saturated heterocycles. The van der Waals surface area contributed by atoms with Crippen LogP contribution in [0.4, 0.5) is 0 Å². The van der Waals surface area contributed by atoms with E-state index >= 15 is 0 Å². The topological polar surface area (TPSA) is 41.6 Å². The molecular weight excluding hydrogens is 246 g/mol. The predicted molar refractivity (Wildman–Crippen MR) is 71.7 cm³/mol. The van der Waals surface area contributed by atoms with Crippen LogP contribution in [-0.4, -0.2) is 9.78 Å². The van der Waals surface area contributed by atoms with Crippen LogP contribution < -0.4 is 0 Å². The SMILES string of the molecule is Cc1nn(Cc2ccc(C#N)cc2Cl)c(C)c1C. The number of nitrogens with zero attached hydrogens (tertiary/aromatic N) is 3. The lowest BCUT2D eigenvalue weighted by Crippen LogP contribution is -2.04. The van der Waals surface area contributed by atoms with Gasteiger partial charge in [-0.3, -0.25) is 4.68 Å². The Morgan fingerprint density at radius 3 is 2.56 bits per heavy atom. The van der Waals surface area contributed by atoms with Gasteiger partial charge in [0, 0.05) is 10.7 Å². The van der Waals surface area contributed by atoms with Gasteiger partial charge >= 0.3 is 0 Å². The van der Waals surface area contributed by atoms with Crippen LogP contribution in [0.2, 0.25) is 5.02 Å². The van der Waals surface area contributed by atoms with Gasteiger partial charge in [0.2, 0.25) is 0 Å². The van der Waals surface area contributed by atoms with Crippen molar-refractivity contribution in [3.05, 3.63) is 51.3 Å². The molecule has 92 valence electrons. The molecule has 1 aromatic heterocycles. The highest BCUT2D eigenvalue weighted by Crippen LogP contribution is 2.20. The van der Waals surface area contributed by atoms with Crippen LogP contribution >= 0.6 is 11.6 Å². The molecule has 0 aliphatic carbocycles. The molecule has 0 saturated carbocycles. The minimum absolute atomic E-state index is 0.577. The molecule has 2 rings (SSSR count). The molecule has 3 nitrogen and oxygen atoms in total. The minimum Gasteiger partial charge on any atom is -0.265 e. The Hall–Kier alpha value is -1.79. The van der Waals surface area contributed by atoms with Gasteiger partial charge < -0.3 is 0 Å². The second kappa shape index (κ2) is 4.83. The highest BCUT2D eigenvalue weighted by molar-refractivity contribution is 6.31. The van der Waals surface area contributed by atoms with E-state index in [0.717, 1.165) is 17.0 Å². The number of hydrogen-bond acceptors (Lipinski definition) is 2. The van der Waals surface area contributed by atoms with E-state index in [0.29, 0.717) is 17.1 Å². The van der Waals surface area contributed by atoms with Crippen LogP contribution in [0.5, 0.6) is 0 Å². The lowest BCUT2D eigenvalue weighted by Gasteiger charge is -2.07. The van der Waals surface area contributed by atoms with Crippen LogP contribution in [0.3, 0.4) is 0 Å². The van der Waals surface area contributed by atoms with Crippen molar-refractivity contribution in [3.8, 4) is 6.07 Å². The van der Waals surface area contributed by atoms with E-state index in [4.69, 9.17) is 16.9 Å². The highest BCUT2D eigenvalue weighted by Gasteiger charge is 2.09. The van der Waals surface area contributed by atoms with Gasteiger partial charge in [-0.05, 0) is 44.0 Å². The summed E-state index contributed by atoms with van der Waals surface area (Å²) in [6.07, 6.45) is 0. The number of nitriles is 1. The van der Waals surface area contributed by atoms with Gasteiger partial charge in [0.1, 0.15) is 0 Å². The first-order valence-corrected chi connectivity index (χ1v) is 6.10. The van der Waals surface area contributed by atoms with E-state index in [9.17, 15) is 0 Å². The van der Waals surface area contributed by atoms with Crippen molar-refractivity contribution in [2.45, 2.75) is 27.3 Å². The third kappa shape index (κ3) is 2.25. The third-order valence-electron chi connectivity index (χ3n) is 3.25. The first kappa shape index (κ1) is 12.7. The second-order valence-electron chi connectivity index (χ2n) is 4.37. The number of aromatic nitrogens is 2. The molecule has 0 radical (unpaired) electrons. The molecule has 0 fully saturated rings. The van der Waals surface area contributed by atoms with Gasteiger partial charge in [-0.15, -0.1) is 0 Å². The maximum atomic E-state index is 8.80. The van der Waals surface area contributed by atoms with Crippen LogP contribution in [0.15, 0.2) is 18.2 Å². The van der Waals surface area contributed by atoms with Crippen molar-refractivity contribution in [1.29, 1.82) is 5.26 Å². The summed E-state index contributed by atoms with van der Waals surface area (Å²) in [5.74, 6) is 0. The lowest BCUT2D eigenvalue weighted by atomic mass is 10.1. The average molecular weight is 260 g/mol. The summed E-state index contributed by atoms with van der Waals surface area (Å²) in [4.78, 5) is 0. The summed E-state index contributed by atoms with van der Waals surface area (Å²) in [7, 11) is 0. The number of hydrogen-bond donors (Lipinski definition) is 0. The summed E-state index contributed by atoms with van der Waals surface area (Å²) in [5, 5.41) is 13.9. The molecule has 2 aromatic rings. The molecule has 0 unspecified atom stereocenters. The van der Waals surface area contributed by atoms with E-state index < -0.39 is 0 Å². The first-order chi connectivity index (χ1) is 8.52. The molecule has 0 N–H and O–H groups in total. The van der Waals surface area contributed by atoms with Crippen LogP contribution in [0.1, 0.15) is 28.1 Å². The average Bonchev–Trinajstić information content (AvgIpc) is 2.59. The first-order valence-electron chi connectivity index (χ1n) is 5.72. The number of rotatable bonds is 2. The van der Waals surface area contributed by atoms with Gasteiger partial charge in [0.25, 0.3) is 0 Å². The zero-order chi connectivity index (χ0) is 13.3. The van der Waals surface area contributed by atoms with E-state index in [2.05, 4.69) is 18.1 Å². The van der Waals surface area contributed by atoms with Gasteiger partial charge in [-0.25, -0.2) is 0 Å². The van der Waals surface area contributed by atoms with Crippen LogP contribution in [-0.2, 0) is 6.54 Å². The largest absolute Gasteiger partial charge is 0.265 e. The van der Waals surface area contributed by atoms with Gasteiger partial charge in [-0.2, -0.15) is 10.4 Å². The van der Waals surface area contributed by atoms with Crippen molar-refractivity contribution >= 4 is 11.6 Å². The Bertz CT molecular complexity index is 635. The zero-order valence-electron chi connectivity index (χ0n) is 10.7.